The fraction of sp³-hybridized carbons (Fsp3) is 0.100. The minimum atomic E-state index is -0.400. The van der Waals surface area contributed by atoms with E-state index >= 15 is 0 Å². The molecular formula is C10H6FNOS. The van der Waals surface area contributed by atoms with Crippen molar-refractivity contribution in [2.24, 2.45) is 0 Å². The lowest BCUT2D eigenvalue weighted by Gasteiger charge is -2.00. The van der Waals surface area contributed by atoms with Gasteiger partial charge < -0.3 is 4.74 Å². The zero-order chi connectivity index (χ0) is 10.1. The highest BCUT2D eigenvalue weighted by atomic mass is 32.1. The Labute approximate surface area is 84.2 Å². The van der Waals surface area contributed by atoms with Crippen LogP contribution in [0.2, 0.25) is 0 Å². The summed E-state index contributed by atoms with van der Waals surface area (Å²) in [7, 11) is 1.42. The van der Waals surface area contributed by atoms with Crippen molar-refractivity contribution in [3.8, 4) is 11.8 Å². The lowest BCUT2D eigenvalue weighted by atomic mass is 10.2. The number of rotatable bonds is 1. The maximum Gasteiger partial charge on any atom is 0.173 e. The molecule has 1 aromatic heterocycles. The molecule has 0 fully saturated rings. The number of hydrogen-bond acceptors (Lipinski definition) is 3. The van der Waals surface area contributed by atoms with Crippen LogP contribution in [0.1, 0.15) is 4.88 Å². The Kier molecular flexibility index (Phi) is 2.10. The predicted octanol–water partition coefficient (Wildman–Crippen LogP) is 2.92. The fourth-order valence-corrected chi connectivity index (χ4v) is 2.12. The van der Waals surface area contributed by atoms with Crippen LogP contribution >= 0.6 is 11.3 Å². The van der Waals surface area contributed by atoms with Crippen molar-refractivity contribution in [3.05, 3.63) is 28.9 Å². The van der Waals surface area contributed by atoms with Gasteiger partial charge in [-0.15, -0.1) is 11.3 Å². The molecule has 70 valence electrons. The van der Waals surface area contributed by atoms with E-state index in [-0.39, 0.29) is 5.75 Å². The smallest absolute Gasteiger partial charge is 0.173 e. The van der Waals surface area contributed by atoms with Gasteiger partial charge in [0.25, 0.3) is 0 Å². The number of hydrogen-bond donors (Lipinski definition) is 0. The molecule has 4 heteroatoms. The lowest BCUT2D eigenvalue weighted by molar-refractivity contribution is 0.389. The molecule has 0 atom stereocenters. The Morgan fingerprint density at radius 3 is 2.93 bits per heavy atom. The third kappa shape index (κ3) is 1.22. The minimum absolute atomic E-state index is 0.208. The van der Waals surface area contributed by atoms with E-state index in [0.717, 1.165) is 4.70 Å². The fourth-order valence-electron chi connectivity index (χ4n) is 1.27. The quantitative estimate of drug-likeness (QED) is 0.720. The van der Waals surface area contributed by atoms with Gasteiger partial charge in [0, 0.05) is 10.1 Å². The van der Waals surface area contributed by atoms with E-state index in [1.54, 1.807) is 12.1 Å². The summed E-state index contributed by atoms with van der Waals surface area (Å²) in [4.78, 5) is 0.507. The molecule has 1 heterocycles. The molecule has 0 saturated heterocycles. The standard InChI is InChI=1S/C10H6FNOS/c1-13-8-2-3-9-7(10(8)11)4-6(5-12)14-9/h2-4H,1H3. The summed E-state index contributed by atoms with van der Waals surface area (Å²) in [6.07, 6.45) is 0. The van der Waals surface area contributed by atoms with Crippen molar-refractivity contribution in [2.45, 2.75) is 0 Å². The number of nitrogens with zero attached hydrogens (tertiary/aromatic N) is 1. The summed E-state index contributed by atoms with van der Waals surface area (Å²) in [5, 5.41) is 9.11. The van der Waals surface area contributed by atoms with Crippen LogP contribution in [-0.2, 0) is 0 Å². The summed E-state index contributed by atoms with van der Waals surface area (Å²) in [6.45, 7) is 0. The first-order valence-electron chi connectivity index (χ1n) is 3.92. The van der Waals surface area contributed by atoms with Crippen molar-refractivity contribution in [1.29, 1.82) is 5.26 Å². The molecule has 1 aromatic carbocycles. The second kappa shape index (κ2) is 3.28. The van der Waals surface area contributed by atoms with E-state index in [1.165, 1.54) is 24.5 Å². The molecule has 0 saturated carbocycles. The Hall–Kier alpha value is -1.60. The van der Waals surface area contributed by atoms with E-state index in [4.69, 9.17) is 10.00 Å². The summed E-state index contributed by atoms with van der Waals surface area (Å²) in [6, 6.07) is 6.85. The van der Waals surface area contributed by atoms with Gasteiger partial charge in [-0.3, -0.25) is 0 Å². The highest BCUT2D eigenvalue weighted by molar-refractivity contribution is 7.19. The van der Waals surface area contributed by atoms with Crippen LogP contribution in [0.5, 0.6) is 5.75 Å². The van der Waals surface area contributed by atoms with E-state index < -0.39 is 5.82 Å². The third-order valence-corrected chi connectivity index (χ3v) is 2.93. The van der Waals surface area contributed by atoms with E-state index in [2.05, 4.69) is 0 Å². The molecular weight excluding hydrogens is 201 g/mol. The zero-order valence-corrected chi connectivity index (χ0v) is 8.19. The molecule has 0 bridgehead atoms. The van der Waals surface area contributed by atoms with Crippen molar-refractivity contribution < 1.29 is 9.13 Å². The second-order valence-corrected chi connectivity index (χ2v) is 3.80. The van der Waals surface area contributed by atoms with Gasteiger partial charge in [0.15, 0.2) is 11.6 Å². The molecule has 2 aromatic rings. The van der Waals surface area contributed by atoms with Crippen LogP contribution in [0, 0.1) is 17.1 Å². The van der Waals surface area contributed by atoms with Gasteiger partial charge >= 0.3 is 0 Å². The summed E-state index contributed by atoms with van der Waals surface area (Å²) >= 11 is 1.27. The molecule has 14 heavy (non-hydrogen) atoms. The highest BCUT2D eigenvalue weighted by Crippen LogP contribution is 2.31. The van der Waals surface area contributed by atoms with Gasteiger partial charge in [0.1, 0.15) is 10.9 Å². The van der Waals surface area contributed by atoms with Gasteiger partial charge in [0.05, 0.1) is 7.11 Å². The van der Waals surface area contributed by atoms with Crippen LogP contribution in [-0.4, -0.2) is 7.11 Å². The van der Waals surface area contributed by atoms with Crippen molar-refractivity contribution in [1.82, 2.24) is 0 Å². The minimum Gasteiger partial charge on any atom is -0.494 e. The number of methoxy groups -OCH3 is 1. The topological polar surface area (TPSA) is 33.0 Å². The van der Waals surface area contributed by atoms with E-state index in [1.807, 2.05) is 6.07 Å². The second-order valence-electron chi connectivity index (χ2n) is 2.72. The number of ether oxygens (including phenoxy) is 1. The molecule has 0 aliphatic carbocycles. The van der Waals surface area contributed by atoms with Gasteiger partial charge in [-0.05, 0) is 18.2 Å². The van der Waals surface area contributed by atoms with Crippen LogP contribution < -0.4 is 4.74 Å². The van der Waals surface area contributed by atoms with Crippen LogP contribution in [0.4, 0.5) is 4.39 Å². The van der Waals surface area contributed by atoms with E-state index in [0.29, 0.717) is 10.3 Å². The Morgan fingerprint density at radius 2 is 2.29 bits per heavy atom. The average molecular weight is 207 g/mol. The molecule has 2 rings (SSSR count). The number of fused-ring (bicyclic) bond motifs is 1. The Morgan fingerprint density at radius 1 is 1.50 bits per heavy atom. The molecule has 2 nitrogen and oxygen atoms in total. The molecule has 0 aliphatic heterocycles. The number of benzene rings is 1. The average Bonchev–Trinajstić information content (AvgIpc) is 2.62. The van der Waals surface area contributed by atoms with Gasteiger partial charge in [0.2, 0.25) is 0 Å². The lowest BCUT2D eigenvalue weighted by Crippen LogP contribution is -1.86. The summed E-state index contributed by atoms with van der Waals surface area (Å²) < 4.78 is 19.2. The third-order valence-electron chi connectivity index (χ3n) is 1.93. The van der Waals surface area contributed by atoms with E-state index in [9.17, 15) is 4.39 Å². The van der Waals surface area contributed by atoms with Gasteiger partial charge in [-0.2, -0.15) is 5.26 Å². The molecule has 0 unspecified atom stereocenters. The predicted molar refractivity (Wildman–Crippen MR) is 53.1 cm³/mol. The normalized spacial score (nSPS) is 10.1. The van der Waals surface area contributed by atoms with Crippen LogP contribution in [0.3, 0.4) is 0 Å². The van der Waals surface area contributed by atoms with Gasteiger partial charge in [-0.1, -0.05) is 0 Å². The monoisotopic (exact) mass is 207 g/mol. The largest absolute Gasteiger partial charge is 0.494 e. The molecule has 0 spiro atoms. The Balaban J connectivity index is 2.76. The SMILES string of the molecule is COc1ccc2sc(C#N)cc2c1F. The Bertz CT molecular complexity index is 527. The first-order chi connectivity index (χ1) is 6.76. The highest BCUT2D eigenvalue weighted by Gasteiger charge is 2.10. The number of thiophene rings is 1. The summed E-state index contributed by atoms with van der Waals surface area (Å²) in [5.74, 6) is -0.192. The number of nitriles is 1. The first-order valence-corrected chi connectivity index (χ1v) is 4.74. The molecule has 0 amide bonds. The first kappa shape index (κ1) is 8.97. The maximum atomic E-state index is 13.6. The van der Waals surface area contributed by atoms with Crippen LogP contribution in [0.15, 0.2) is 18.2 Å². The molecule has 0 N–H and O–H groups in total. The van der Waals surface area contributed by atoms with Crippen LogP contribution in [0.25, 0.3) is 10.1 Å². The summed E-state index contributed by atoms with van der Waals surface area (Å²) in [5.41, 5.74) is 0. The molecule has 0 aliphatic rings. The van der Waals surface area contributed by atoms with Crippen molar-refractivity contribution in [2.75, 3.05) is 7.11 Å². The van der Waals surface area contributed by atoms with Crippen molar-refractivity contribution >= 4 is 21.4 Å². The molecule has 0 radical (unpaired) electrons. The van der Waals surface area contributed by atoms with Gasteiger partial charge in [-0.25, -0.2) is 4.39 Å². The number of halogens is 1. The maximum absolute atomic E-state index is 13.6. The zero-order valence-electron chi connectivity index (χ0n) is 7.37. The van der Waals surface area contributed by atoms with Crippen molar-refractivity contribution in [3.63, 3.8) is 0 Å².